The number of benzene rings is 1. The number of guanidine groups is 1. The molecule has 1 aliphatic rings. The summed E-state index contributed by atoms with van der Waals surface area (Å²) < 4.78 is 5.48. The smallest absolute Gasteiger partial charge is 0.191 e. The molecule has 0 spiro atoms. The van der Waals surface area contributed by atoms with Gasteiger partial charge in [-0.15, -0.1) is 24.0 Å². The molecule has 0 saturated carbocycles. The Morgan fingerprint density at radius 3 is 2.89 bits per heavy atom. The van der Waals surface area contributed by atoms with Gasteiger partial charge in [0.2, 0.25) is 0 Å². The van der Waals surface area contributed by atoms with Gasteiger partial charge in [0, 0.05) is 32.4 Å². The minimum atomic E-state index is 0. The molecule has 7 nitrogen and oxygen atoms in total. The van der Waals surface area contributed by atoms with E-state index in [2.05, 4.69) is 36.6 Å². The van der Waals surface area contributed by atoms with Crippen molar-refractivity contribution in [3.8, 4) is 5.75 Å². The van der Waals surface area contributed by atoms with E-state index >= 15 is 0 Å². The Balaban J connectivity index is 0.00000261. The van der Waals surface area contributed by atoms with Crippen molar-refractivity contribution < 1.29 is 4.74 Å². The molecule has 1 atom stereocenters. The number of methoxy groups -OCH3 is 1. The van der Waals surface area contributed by atoms with Crippen LogP contribution in [0.4, 0.5) is 5.69 Å². The van der Waals surface area contributed by atoms with Gasteiger partial charge in [0.25, 0.3) is 0 Å². The minimum absolute atomic E-state index is 0. The number of ether oxygens (including phenoxy) is 1. The molecule has 146 valence electrons. The highest BCUT2D eigenvalue weighted by molar-refractivity contribution is 14.0. The highest BCUT2D eigenvalue weighted by atomic mass is 127. The summed E-state index contributed by atoms with van der Waals surface area (Å²) in [6.07, 6.45) is 2.82. The number of nitrogens with zero attached hydrogens (tertiary/aromatic N) is 4. The van der Waals surface area contributed by atoms with Crippen molar-refractivity contribution in [2.75, 3.05) is 32.1 Å². The zero-order chi connectivity index (χ0) is 18.4. The van der Waals surface area contributed by atoms with Crippen LogP contribution in [0.15, 0.2) is 41.5 Å². The molecule has 0 radical (unpaired) electrons. The maximum Gasteiger partial charge on any atom is 0.191 e. The normalized spacial score (nSPS) is 16.6. The van der Waals surface area contributed by atoms with Crippen LogP contribution < -0.4 is 20.3 Å². The molecular formula is C19H27IN6O. The lowest BCUT2D eigenvalue weighted by molar-refractivity contribution is 0.415. The first kappa shape index (κ1) is 21.2. The van der Waals surface area contributed by atoms with Crippen LogP contribution in [0.2, 0.25) is 0 Å². The molecule has 1 aliphatic heterocycles. The molecule has 1 saturated heterocycles. The van der Waals surface area contributed by atoms with Gasteiger partial charge < -0.3 is 20.3 Å². The fraction of sp³-hybridized carbons (Fsp3) is 0.421. The van der Waals surface area contributed by atoms with Crippen molar-refractivity contribution in [2.45, 2.75) is 25.9 Å². The third kappa shape index (κ3) is 5.69. The lowest BCUT2D eigenvalue weighted by atomic mass is 10.2. The molecule has 3 rings (SSSR count). The third-order valence-electron chi connectivity index (χ3n) is 4.45. The van der Waals surface area contributed by atoms with Gasteiger partial charge >= 0.3 is 0 Å². The Morgan fingerprint density at radius 2 is 2.15 bits per heavy atom. The topological polar surface area (TPSA) is 74.7 Å². The Morgan fingerprint density at radius 1 is 1.33 bits per heavy atom. The highest BCUT2D eigenvalue weighted by Gasteiger charge is 2.25. The maximum absolute atomic E-state index is 5.48. The molecular weight excluding hydrogens is 455 g/mol. The minimum Gasteiger partial charge on any atom is -0.495 e. The molecule has 1 aromatic heterocycles. The van der Waals surface area contributed by atoms with Crippen LogP contribution in [0, 0.1) is 6.92 Å². The molecule has 0 aliphatic carbocycles. The van der Waals surface area contributed by atoms with Crippen molar-refractivity contribution in [3.05, 3.63) is 48.0 Å². The first-order valence-corrected chi connectivity index (χ1v) is 8.83. The van der Waals surface area contributed by atoms with E-state index < -0.39 is 0 Å². The van der Waals surface area contributed by atoms with Gasteiger partial charge in [-0.25, -0.2) is 9.97 Å². The van der Waals surface area contributed by atoms with Gasteiger partial charge in [0.05, 0.1) is 25.0 Å². The average Bonchev–Trinajstić information content (AvgIpc) is 3.13. The Hall–Kier alpha value is -2.10. The molecule has 2 aromatic rings. The zero-order valence-corrected chi connectivity index (χ0v) is 18.3. The van der Waals surface area contributed by atoms with E-state index in [9.17, 15) is 0 Å². The number of rotatable bonds is 5. The van der Waals surface area contributed by atoms with E-state index in [1.165, 1.54) is 0 Å². The Labute approximate surface area is 177 Å². The standard InChI is InChI=1S/C19H26N6O.HI/c1-14-21-10-8-15(23-14)12-22-19(20-2)24-16-9-11-25(13-16)17-6-4-5-7-18(17)26-3;/h4-8,10,16H,9,11-13H2,1-3H3,(H2,20,22,24);1H. The van der Waals surface area contributed by atoms with E-state index in [0.717, 1.165) is 48.4 Å². The summed E-state index contributed by atoms with van der Waals surface area (Å²) in [4.78, 5) is 15.2. The van der Waals surface area contributed by atoms with Gasteiger partial charge in [-0.3, -0.25) is 4.99 Å². The first-order valence-electron chi connectivity index (χ1n) is 8.83. The van der Waals surface area contributed by atoms with Crippen LogP contribution in [0.25, 0.3) is 0 Å². The van der Waals surface area contributed by atoms with E-state index in [-0.39, 0.29) is 24.0 Å². The van der Waals surface area contributed by atoms with Gasteiger partial charge in [-0.05, 0) is 31.5 Å². The van der Waals surface area contributed by atoms with E-state index in [4.69, 9.17) is 4.74 Å². The lowest BCUT2D eigenvalue weighted by Gasteiger charge is -2.22. The zero-order valence-electron chi connectivity index (χ0n) is 16.0. The molecule has 0 bridgehead atoms. The van der Waals surface area contributed by atoms with Gasteiger partial charge in [-0.1, -0.05) is 12.1 Å². The van der Waals surface area contributed by atoms with Crippen LogP contribution in [0.5, 0.6) is 5.75 Å². The number of halogens is 1. The fourth-order valence-corrected chi connectivity index (χ4v) is 3.15. The van der Waals surface area contributed by atoms with Gasteiger partial charge in [0.1, 0.15) is 11.6 Å². The summed E-state index contributed by atoms with van der Waals surface area (Å²) in [5.74, 6) is 2.47. The average molecular weight is 482 g/mol. The predicted molar refractivity (Wildman–Crippen MR) is 119 cm³/mol. The summed E-state index contributed by atoms with van der Waals surface area (Å²) in [6, 6.07) is 10.4. The second-order valence-corrected chi connectivity index (χ2v) is 6.27. The van der Waals surface area contributed by atoms with Crippen LogP contribution in [0.1, 0.15) is 17.9 Å². The van der Waals surface area contributed by atoms with Crippen molar-refractivity contribution in [1.82, 2.24) is 20.6 Å². The number of aryl methyl sites for hydroxylation is 1. The van der Waals surface area contributed by atoms with Crippen molar-refractivity contribution >= 4 is 35.6 Å². The molecule has 1 fully saturated rings. The first-order chi connectivity index (χ1) is 12.7. The molecule has 2 N–H and O–H groups in total. The molecule has 1 unspecified atom stereocenters. The van der Waals surface area contributed by atoms with Crippen molar-refractivity contribution in [1.29, 1.82) is 0 Å². The largest absolute Gasteiger partial charge is 0.495 e. The molecule has 1 aromatic carbocycles. The molecule has 27 heavy (non-hydrogen) atoms. The van der Waals surface area contributed by atoms with Crippen LogP contribution in [-0.4, -0.2) is 49.2 Å². The molecule has 2 heterocycles. The summed E-state index contributed by atoms with van der Waals surface area (Å²) in [5, 5.41) is 6.82. The highest BCUT2D eigenvalue weighted by Crippen LogP contribution is 2.30. The number of hydrogen-bond acceptors (Lipinski definition) is 5. The molecule has 8 heteroatoms. The number of aromatic nitrogens is 2. The number of nitrogens with one attached hydrogen (secondary N) is 2. The summed E-state index contributed by atoms with van der Waals surface area (Å²) >= 11 is 0. The number of para-hydroxylation sites is 2. The van der Waals surface area contributed by atoms with Crippen LogP contribution in [-0.2, 0) is 6.54 Å². The molecule has 0 amide bonds. The summed E-state index contributed by atoms with van der Waals surface area (Å²) in [7, 11) is 3.50. The SMILES string of the molecule is CN=C(NCc1ccnc(C)n1)NC1CCN(c2ccccc2OC)C1.I. The van der Waals surface area contributed by atoms with Crippen molar-refractivity contribution in [2.24, 2.45) is 4.99 Å². The second-order valence-electron chi connectivity index (χ2n) is 6.27. The Kier molecular flexibility index (Phi) is 8.08. The Bertz CT molecular complexity index is 769. The third-order valence-corrected chi connectivity index (χ3v) is 4.45. The lowest BCUT2D eigenvalue weighted by Crippen LogP contribution is -2.44. The van der Waals surface area contributed by atoms with Crippen LogP contribution >= 0.6 is 24.0 Å². The number of hydrogen-bond donors (Lipinski definition) is 2. The summed E-state index contributed by atoms with van der Waals surface area (Å²) in [5.41, 5.74) is 2.08. The van der Waals surface area contributed by atoms with E-state index in [1.807, 2.05) is 31.2 Å². The van der Waals surface area contributed by atoms with Gasteiger partial charge in [0.15, 0.2) is 5.96 Å². The number of anilines is 1. The fourth-order valence-electron chi connectivity index (χ4n) is 3.15. The monoisotopic (exact) mass is 482 g/mol. The maximum atomic E-state index is 5.48. The van der Waals surface area contributed by atoms with Crippen LogP contribution in [0.3, 0.4) is 0 Å². The second kappa shape index (κ2) is 10.3. The van der Waals surface area contributed by atoms with E-state index in [1.54, 1.807) is 20.4 Å². The van der Waals surface area contributed by atoms with Gasteiger partial charge in [-0.2, -0.15) is 0 Å². The van der Waals surface area contributed by atoms with E-state index in [0.29, 0.717) is 12.6 Å². The number of aliphatic imine (C=N–C) groups is 1. The summed E-state index contributed by atoms with van der Waals surface area (Å²) in [6.45, 7) is 4.40. The predicted octanol–water partition coefficient (Wildman–Crippen LogP) is 2.36. The quantitative estimate of drug-likeness (QED) is 0.387. The van der Waals surface area contributed by atoms with Crippen molar-refractivity contribution in [3.63, 3.8) is 0 Å².